The van der Waals surface area contributed by atoms with Crippen LogP contribution in [0.3, 0.4) is 0 Å². The minimum absolute atomic E-state index is 0.0199. The summed E-state index contributed by atoms with van der Waals surface area (Å²) in [5.41, 5.74) is 2.74. The highest BCUT2D eigenvalue weighted by Gasteiger charge is 2.23. The van der Waals surface area contributed by atoms with Crippen molar-refractivity contribution in [2.75, 3.05) is 25.0 Å². The molecule has 1 saturated heterocycles. The topological polar surface area (TPSA) is 62.5 Å². The zero-order valence-electron chi connectivity index (χ0n) is 14.9. The SMILES string of the molecule is Cc1ccnc(NC[C@H]2CCN(Cc3cc(=O)n4ccccc4n3)C2)c1. The summed E-state index contributed by atoms with van der Waals surface area (Å²) in [6.45, 7) is 5.75. The van der Waals surface area contributed by atoms with Gasteiger partial charge in [0.15, 0.2) is 0 Å². The van der Waals surface area contributed by atoms with Gasteiger partial charge in [-0.3, -0.25) is 14.1 Å². The highest BCUT2D eigenvalue weighted by molar-refractivity contribution is 5.38. The van der Waals surface area contributed by atoms with Gasteiger partial charge in [0, 0.05) is 38.1 Å². The Balaban J connectivity index is 1.36. The maximum absolute atomic E-state index is 12.2. The number of pyridine rings is 2. The molecule has 1 fully saturated rings. The zero-order chi connectivity index (χ0) is 17.9. The van der Waals surface area contributed by atoms with Crippen molar-refractivity contribution in [1.82, 2.24) is 19.3 Å². The molecule has 0 unspecified atom stereocenters. The van der Waals surface area contributed by atoms with Crippen LogP contribution in [0.2, 0.25) is 0 Å². The van der Waals surface area contributed by atoms with E-state index in [0.29, 0.717) is 11.6 Å². The third kappa shape index (κ3) is 3.75. The monoisotopic (exact) mass is 349 g/mol. The van der Waals surface area contributed by atoms with Crippen molar-refractivity contribution >= 4 is 11.5 Å². The van der Waals surface area contributed by atoms with E-state index in [1.54, 1.807) is 16.7 Å². The fraction of sp³-hybridized carbons (Fsp3) is 0.350. The first kappa shape index (κ1) is 16.7. The first-order chi connectivity index (χ1) is 12.7. The average Bonchev–Trinajstić information content (AvgIpc) is 3.07. The lowest BCUT2D eigenvalue weighted by atomic mass is 10.1. The van der Waals surface area contributed by atoms with Crippen molar-refractivity contribution in [3.8, 4) is 0 Å². The summed E-state index contributed by atoms with van der Waals surface area (Å²) in [6.07, 6.45) is 4.74. The Labute approximate surface area is 152 Å². The summed E-state index contributed by atoms with van der Waals surface area (Å²) < 4.78 is 1.58. The highest BCUT2D eigenvalue weighted by Crippen LogP contribution is 2.19. The summed E-state index contributed by atoms with van der Waals surface area (Å²) in [7, 11) is 0. The molecule has 0 aliphatic carbocycles. The molecule has 0 amide bonds. The predicted molar refractivity (Wildman–Crippen MR) is 102 cm³/mol. The molecule has 6 heteroatoms. The van der Waals surface area contributed by atoms with Crippen LogP contribution in [0.1, 0.15) is 17.7 Å². The summed E-state index contributed by atoms with van der Waals surface area (Å²) in [4.78, 5) is 23.6. The van der Waals surface area contributed by atoms with Crippen LogP contribution >= 0.6 is 0 Å². The summed E-state index contributed by atoms with van der Waals surface area (Å²) >= 11 is 0. The van der Waals surface area contributed by atoms with Crippen LogP contribution in [0.4, 0.5) is 5.82 Å². The molecule has 0 radical (unpaired) electrons. The summed E-state index contributed by atoms with van der Waals surface area (Å²) in [5, 5.41) is 3.44. The van der Waals surface area contributed by atoms with Crippen LogP contribution < -0.4 is 10.9 Å². The van der Waals surface area contributed by atoms with Crippen LogP contribution in [0.5, 0.6) is 0 Å². The summed E-state index contributed by atoms with van der Waals surface area (Å²) in [5.74, 6) is 1.52. The van der Waals surface area contributed by atoms with E-state index in [0.717, 1.165) is 44.1 Å². The number of anilines is 1. The molecule has 0 aromatic carbocycles. The molecule has 3 aromatic heterocycles. The van der Waals surface area contributed by atoms with Gasteiger partial charge >= 0.3 is 0 Å². The lowest BCUT2D eigenvalue weighted by Crippen LogP contribution is -2.25. The molecule has 6 nitrogen and oxygen atoms in total. The number of hydrogen-bond acceptors (Lipinski definition) is 5. The molecule has 3 aromatic rings. The van der Waals surface area contributed by atoms with Crippen molar-refractivity contribution < 1.29 is 0 Å². The normalized spacial score (nSPS) is 17.7. The number of likely N-dealkylation sites (tertiary alicyclic amines) is 1. The Kier molecular flexibility index (Phi) is 4.67. The largest absolute Gasteiger partial charge is 0.370 e. The van der Waals surface area contributed by atoms with Gasteiger partial charge in [0.1, 0.15) is 11.5 Å². The third-order valence-electron chi connectivity index (χ3n) is 4.87. The fourth-order valence-corrected chi connectivity index (χ4v) is 3.52. The first-order valence-electron chi connectivity index (χ1n) is 9.03. The molecule has 1 atom stereocenters. The summed E-state index contributed by atoms with van der Waals surface area (Å²) in [6, 6.07) is 11.3. The molecule has 4 heterocycles. The smallest absolute Gasteiger partial charge is 0.258 e. The molecule has 1 aliphatic heterocycles. The van der Waals surface area contributed by atoms with Gasteiger partial charge in [-0.25, -0.2) is 9.97 Å². The Morgan fingerprint density at radius 1 is 1.27 bits per heavy atom. The Bertz CT molecular complexity index is 968. The second kappa shape index (κ2) is 7.25. The van der Waals surface area contributed by atoms with E-state index in [-0.39, 0.29) is 5.56 Å². The van der Waals surface area contributed by atoms with E-state index in [9.17, 15) is 4.79 Å². The molecular weight excluding hydrogens is 326 g/mol. The second-order valence-electron chi connectivity index (χ2n) is 7.00. The number of hydrogen-bond donors (Lipinski definition) is 1. The Morgan fingerprint density at radius 3 is 3.08 bits per heavy atom. The first-order valence-corrected chi connectivity index (χ1v) is 9.03. The van der Waals surface area contributed by atoms with Crippen LogP contribution in [0.15, 0.2) is 53.6 Å². The third-order valence-corrected chi connectivity index (χ3v) is 4.87. The molecule has 1 N–H and O–H groups in total. The van der Waals surface area contributed by atoms with E-state index in [2.05, 4.69) is 33.2 Å². The van der Waals surface area contributed by atoms with Crippen molar-refractivity contribution in [3.05, 3.63) is 70.4 Å². The predicted octanol–water partition coefficient (Wildman–Crippen LogP) is 2.33. The van der Waals surface area contributed by atoms with Gasteiger partial charge < -0.3 is 5.32 Å². The van der Waals surface area contributed by atoms with Crippen LogP contribution in [-0.2, 0) is 6.54 Å². The minimum atomic E-state index is -0.0199. The molecule has 0 saturated carbocycles. The maximum atomic E-state index is 12.2. The lowest BCUT2D eigenvalue weighted by Gasteiger charge is -2.16. The maximum Gasteiger partial charge on any atom is 0.258 e. The van der Waals surface area contributed by atoms with Crippen molar-refractivity contribution in [3.63, 3.8) is 0 Å². The number of fused-ring (bicyclic) bond motifs is 1. The molecule has 4 rings (SSSR count). The van der Waals surface area contributed by atoms with Gasteiger partial charge in [0.25, 0.3) is 5.56 Å². The standard InChI is InChI=1S/C20H23N5O/c1-15-5-7-21-18(10-15)22-12-16-6-9-24(13-16)14-17-11-20(26)25-8-3-2-4-19(25)23-17/h2-5,7-8,10-11,16H,6,9,12-14H2,1H3,(H,21,22)/t16-/m1/s1. The minimum Gasteiger partial charge on any atom is -0.370 e. The van der Waals surface area contributed by atoms with Gasteiger partial charge in [0.05, 0.1) is 5.69 Å². The van der Waals surface area contributed by atoms with Gasteiger partial charge in [-0.2, -0.15) is 0 Å². The van der Waals surface area contributed by atoms with Crippen LogP contribution in [-0.4, -0.2) is 38.9 Å². The van der Waals surface area contributed by atoms with Gasteiger partial charge in [-0.1, -0.05) is 6.07 Å². The van der Waals surface area contributed by atoms with Crippen LogP contribution in [0.25, 0.3) is 5.65 Å². The molecule has 0 bridgehead atoms. The zero-order valence-corrected chi connectivity index (χ0v) is 14.9. The van der Waals surface area contributed by atoms with E-state index in [4.69, 9.17) is 0 Å². The highest BCUT2D eigenvalue weighted by atomic mass is 16.1. The van der Waals surface area contributed by atoms with Gasteiger partial charge in [-0.15, -0.1) is 0 Å². The lowest BCUT2D eigenvalue weighted by molar-refractivity contribution is 0.315. The fourth-order valence-electron chi connectivity index (χ4n) is 3.52. The number of rotatable bonds is 5. The Morgan fingerprint density at radius 2 is 2.19 bits per heavy atom. The number of nitrogens with zero attached hydrogens (tertiary/aromatic N) is 4. The van der Waals surface area contributed by atoms with E-state index in [1.165, 1.54) is 5.56 Å². The van der Waals surface area contributed by atoms with Gasteiger partial charge in [-0.05, 0) is 55.6 Å². The van der Waals surface area contributed by atoms with E-state index >= 15 is 0 Å². The molecule has 1 aliphatic rings. The van der Waals surface area contributed by atoms with Crippen molar-refractivity contribution in [2.45, 2.75) is 19.9 Å². The quantitative estimate of drug-likeness (QED) is 0.766. The molecule has 0 spiro atoms. The second-order valence-corrected chi connectivity index (χ2v) is 7.00. The van der Waals surface area contributed by atoms with Crippen molar-refractivity contribution in [2.24, 2.45) is 5.92 Å². The van der Waals surface area contributed by atoms with E-state index in [1.807, 2.05) is 30.5 Å². The number of nitrogens with one attached hydrogen (secondary N) is 1. The number of aryl methyl sites for hydroxylation is 1. The molecular formula is C20H23N5O. The molecule has 26 heavy (non-hydrogen) atoms. The average molecular weight is 349 g/mol. The van der Waals surface area contributed by atoms with Crippen LogP contribution in [0, 0.1) is 12.8 Å². The van der Waals surface area contributed by atoms with Gasteiger partial charge in [0.2, 0.25) is 0 Å². The Hall–Kier alpha value is -2.73. The molecule has 134 valence electrons. The van der Waals surface area contributed by atoms with E-state index < -0.39 is 0 Å². The number of aromatic nitrogens is 3. The van der Waals surface area contributed by atoms with Crippen molar-refractivity contribution in [1.29, 1.82) is 0 Å².